The van der Waals surface area contributed by atoms with E-state index in [2.05, 4.69) is 10.1 Å². The van der Waals surface area contributed by atoms with Gasteiger partial charge < -0.3 is 0 Å². The molecule has 0 N–H and O–H groups in total. The van der Waals surface area contributed by atoms with Gasteiger partial charge in [0.2, 0.25) is 4.96 Å². The Labute approximate surface area is 140 Å². The van der Waals surface area contributed by atoms with E-state index < -0.39 is 0 Å². The van der Waals surface area contributed by atoms with Crippen molar-refractivity contribution in [2.75, 3.05) is 0 Å². The molecule has 0 amide bonds. The van der Waals surface area contributed by atoms with Crippen LogP contribution in [-0.4, -0.2) is 14.6 Å². The van der Waals surface area contributed by atoms with Gasteiger partial charge in [0.15, 0.2) is 0 Å². The lowest BCUT2D eigenvalue weighted by Gasteiger charge is -1.98. The number of benzene rings is 2. The molecule has 4 aromatic rings. The molecule has 0 fully saturated rings. The second-order valence-electron chi connectivity index (χ2n) is 4.75. The van der Waals surface area contributed by atoms with Crippen LogP contribution >= 0.6 is 34.5 Å². The van der Waals surface area contributed by atoms with E-state index in [1.165, 1.54) is 11.3 Å². The van der Waals surface area contributed by atoms with Gasteiger partial charge >= 0.3 is 0 Å². The average Bonchev–Trinajstić information content (AvgIpc) is 3.07. The van der Waals surface area contributed by atoms with E-state index >= 15 is 0 Å². The highest BCUT2D eigenvalue weighted by Crippen LogP contribution is 2.32. The van der Waals surface area contributed by atoms with Crippen molar-refractivity contribution in [2.24, 2.45) is 0 Å². The molecule has 2 heterocycles. The summed E-state index contributed by atoms with van der Waals surface area (Å²) in [7, 11) is 0. The van der Waals surface area contributed by atoms with Gasteiger partial charge in [-0.25, -0.2) is 9.50 Å². The maximum Gasteiger partial charge on any atom is 0.213 e. The van der Waals surface area contributed by atoms with Gasteiger partial charge in [0, 0.05) is 16.1 Å². The lowest BCUT2D eigenvalue weighted by Crippen LogP contribution is -1.83. The Morgan fingerprint density at radius 3 is 2.45 bits per heavy atom. The van der Waals surface area contributed by atoms with Crippen LogP contribution < -0.4 is 0 Å². The van der Waals surface area contributed by atoms with Crippen molar-refractivity contribution in [1.82, 2.24) is 14.6 Å². The molecular formula is C16H9Cl2N3S. The van der Waals surface area contributed by atoms with Crippen LogP contribution in [-0.2, 0) is 0 Å². The van der Waals surface area contributed by atoms with Gasteiger partial charge in [-0.1, -0.05) is 64.9 Å². The van der Waals surface area contributed by atoms with E-state index in [4.69, 9.17) is 23.2 Å². The molecule has 0 saturated carbocycles. The number of aromatic nitrogens is 3. The van der Waals surface area contributed by atoms with E-state index in [1.54, 1.807) is 4.52 Å². The summed E-state index contributed by atoms with van der Waals surface area (Å²) in [6.45, 7) is 0. The van der Waals surface area contributed by atoms with E-state index in [0.717, 1.165) is 26.8 Å². The van der Waals surface area contributed by atoms with E-state index in [1.807, 2.05) is 54.7 Å². The molecule has 0 radical (unpaired) electrons. The van der Waals surface area contributed by atoms with Gasteiger partial charge in [-0.2, -0.15) is 5.10 Å². The van der Waals surface area contributed by atoms with Crippen LogP contribution in [0.4, 0.5) is 0 Å². The van der Waals surface area contributed by atoms with Gasteiger partial charge in [0.1, 0.15) is 5.01 Å². The third-order valence-corrected chi connectivity index (χ3v) is 4.82. The Hall–Kier alpha value is -1.88. The number of fused-ring (bicyclic) bond motifs is 1. The van der Waals surface area contributed by atoms with E-state index in [9.17, 15) is 0 Å². The molecular weight excluding hydrogens is 337 g/mol. The fraction of sp³-hybridized carbons (Fsp3) is 0. The third-order valence-electron chi connectivity index (χ3n) is 3.29. The topological polar surface area (TPSA) is 30.2 Å². The predicted molar refractivity (Wildman–Crippen MR) is 91.8 cm³/mol. The summed E-state index contributed by atoms with van der Waals surface area (Å²) >= 11 is 13.6. The first-order chi connectivity index (χ1) is 10.7. The minimum absolute atomic E-state index is 0.692. The van der Waals surface area contributed by atoms with Crippen LogP contribution in [0, 0.1) is 0 Å². The molecule has 0 saturated heterocycles. The Bertz CT molecular complexity index is 926. The Kier molecular flexibility index (Phi) is 3.37. The van der Waals surface area contributed by atoms with Gasteiger partial charge in [0.05, 0.1) is 16.9 Å². The fourth-order valence-electron chi connectivity index (χ4n) is 2.20. The molecule has 0 aliphatic carbocycles. The normalized spacial score (nSPS) is 11.2. The molecule has 22 heavy (non-hydrogen) atoms. The Balaban J connectivity index is 1.77. The molecule has 2 aromatic carbocycles. The van der Waals surface area contributed by atoms with Crippen LogP contribution in [0.3, 0.4) is 0 Å². The summed E-state index contributed by atoms with van der Waals surface area (Å²) in [5, 5.41) is 6.83. The van der Waals surface area contributed by atoms with Crippen LogP contribution in [0.1, 0.15) is 0 Å². The monoisotopic (exact) mass is 345 g/mol. The van der Waals surface area contributed by atoms with Crippen molar-refractivity contribution in [2.45, 2.75) is 0 Å². The summed E-state index contributed by atoms with van der Waals surface area (Å²) in [5.41, 5.74) is 2.82. The minimum atomic E-state index is 0.692. The molecule has 0 bridgehead atoms. The first-order valence-electron chi connectivity index (χ1n) is 6.58. The van der Waals surface area contributed by atoms with Crippen molar-refractivity contribution >= 4 is 39.5 Å². The number of halogens is 2. The molecule has 6 heteroatoms. The predicted octanol–water partition coefficient (Wildman–Crippen LogP) is 5.43. The molecule has 0 unspecified atom stereocenters. The van der Waals surface area contributed by atoms with Crippen LogP contribution in [0.15, 0.2) is 54.7 Å². The van der Waals surface area contributed by atoms with E-state index in [0.29, 0.717) is 10.0 Å². The number of imidazole rings is 1. The van der Waals surface area contributed by atoms with Crippen molar-refractivity contribution in [1.29, 1.82) is 0 Å². The molecule has 0 spiro atoms. The standard InChI is InChI=1S/C16H9Cl2N3S/c17-11-7-5-10(6-8-11)14-9-21-16(19-14)22-15(20-21)12-3-1-2-4-13(12)18/h1-9H. The molecule has 2 aromatic heterocycles. The number of hydrogen-bond acceptors (Lipinski definition) is 3. The molecule has 108 valence electrons. The molecule has 4 rings (SSSR count). The zero-order valence-electron chi connectivity index (χ0n) is 11.2. The van der Waals surface area contributed by atoms with Crippen molar-refractivity contribution in [3.05, 3.63) is 64.8 Å². The maximum absolute atomic E-state index is 6.22. The summed E-state index contributed by atoms with van der Waals surface area (Å²) in [4.78, 5) is 5.45. The largest absolute Gasteiger partial charge is 0.217 e. The van der Waals surface area contributed by atoms with Gasteiger partial charge in [-0.3, -0.25) is 0 Å². The van der Waals surface area contributed by atoms with Crippen LogP contribution in [0.25, 0.3) is 26.8 Å². The van der Waals surface area contributed by atoms with Crippen molar-refractivity contribution < 1.29 is 0 Å². The third kappa shape index (κ3) is 2.39. The van der Waals surface area contributed by atoms with E-state index in [-0.39, 0.29) is 0 Å². The molecule has 0 atom stereocenters. The van der Waals surface area contributed by atoms with Crippen LogP contribution in [0.2, 0.25) is 10.0 Å². The number of nitrogens with zero attached hydrogens (tertiary/aromatic N) is 3. The number of rotatable bonds is 2. The zero-order valence-corrected chi connectivity index (χ0v) is 13.5. The first-order valence-corrected chi connectivity index (χ1v) is 8.15. The smallest absolute Gasteiger partial charge is 0.213 e. The van der Waals surface area contributed by atoms with Crippen molar-refractivity contribution in [3.63, 3.8) is 0 Å². The highest BCUT2D eigenvalue weighted by Gasteiger charge is 2.12. The van der Waals surface area contributed by atoms with Crippen LogP contribution in [0.5, 0.6) is 0 Å². The van der Waals surface area contributed by atoms with Gasteiger partial charge in [-0.15, -0.1) is 0 Å². The minimum Gasteiger partial charge on any atom is -0.217 e. The summed E-state index contributed by atoms with van der Waals surface area (Å²) in [6, 6.07) is 15.3. The zero-order chi connectivity index (χ0) is 15.1. The maximum atomic E-state index is 6.22. The quantitative estimate of drug-likeness (QED) is 0.484. The Morgan fingerprint density at radius 1 is 0.955 bits per heavy atom. The molecule has 3 nitrogen and oxygen atoms in total. The molecule has 0 aliphatic heterocycles. The number of hydrogen-bond donors (Lipinski definition) is 0. The SMILES string of the molecule is Clc1ccc(-c2cn3nc(-c4ccccc4Cl)sc3n2)cc1. The lowest BCUT2D eigenvalue weighted by atomic mass is 10.2. The average molecular weight is 346 g/mol. The summed E-state index contributed by atoms with van der Waals surface area (Å²) in [5.74, 6) is 0. The van der Waals surface area contributed by atoms with Crippen molar-refractivity contribution in [3.8, 4) is 21.8 Å². The molecule has 0 aliphatic rings. The fourth-order valence-corrected chi connectivity index (χ4v) is 3.53. The highest BCUT2D eigenvalue weighted by atomic mass is 35.5. The second kappa shape index (κ2) is 5.39. The Morgan fingerprint density at radius 2 is 1.73 bits per heavy atom. The first kappa shape index (κ1) is 13.8. The summed E-state index contributed by atoms with van der Waals surface area (Å²) < 4.78 is 1.78. The summed E-state index contributed by atoms with van der Waals surface area (Å²) in [6.07, 6.45) is 1.91. The second-order valence-corrected chi connectivity index (χ2v) is 6.55. The van der Waals surface area contributed by atoms with Gasteiger partial charge in [0.25, 0.3) is 0 Å². The lowest BCUT2D eigenvalue weighted by molar-refractivity contribution is 0.978. The highest BCUT2D eigenvalue weighted by molar-refractivity contribution is 7.19. The van der Waals surface area contributed by atoms with Gasteiger partial charge in [-0.05, 0) is 18.2 Å².